The van der Waals surface area contributed by atoms with Gasteiger partial charge in [-0.25, -0.2) is 9.97 Å². The van der Waals surface area contributed by atoms with Crippen molar-refractivity contribution in [2.45, 2.75) is 19.8 Å². The molecule has 2 heterocycles. The molecule has 0 aliphatic carbocycles. The van der Waals surface area contributed by atoms with Crippen molar-refractivity contribution in [2.75, 3.05) is 50.5 Å². The molecule has 1 aromatic heterocycles. The molecule has 1 fully saturated rings. The van der Waals surface area contributed by atoms with Crippen LogP contribution in [0.15, 0.2) is 6.33 Å². The Morgan fingerprint density at radius 3 is 2.78 bits per heavy atom. The molecule has 0 atom stereocenters. The van der Waals surface area contributed by atoms with Crippen LogP contribution in [0.2, 0.25) is 0 Å². The van der Waals surface area contributed by atoms with Gasteiger partial charge in [0, 0.05) is 32.2 Å². The van der Waals surface area contributed by atoms with E-state index < -0.39 is 0 Å². The maximum absolute atomic E-state index is 4.50. The van der Waals surface area contributed by atoms with E-state index in [1.807, 2.05) is 7.05 Å². The van der Waals surface area contributed by atoms with Crippen molar-refractivity contribution < 1.29 is 0 Å². The summed E-state index contributed by atoms with van der Waals surface area (Å²) in [6.07, 6.45) is 3.81. The van der Waals surface area contributed by atoms with Gasteiger partial charge < -0.3 is 15.1 Å². The van der Waals surface area contributed by atoms with Crippen molar-refractivity contribution in [2.24, 2.45) is 0 Å². The average Bonchev–Trinajstić information content (AvgIpc) is 2.62. The number of hydrogen-bond donors (Lipinski definition) is 1. The highest BCUT2D eigenvalue weighted by Gasteiger charge is 2.18. The lowest BCUT2D eigenvalue weighted by atomic mass is 10.2. The Bertz CT molecular complexity index is 393. The van der Waals surface area contributed by atoms with Crippen LogP contribution < -0.4 is 10.2 Å². The number of hydrogen-bond acceptors (Lipinski definition) is 5. The lowest BCUT2D eigenvalue weighted by molar-refractivity contribution is 0.360. The Morgan fingerprint density at radius 1 is 1.22 bits per heavy atom. The number of anilines is 2. The minimum absolute atomic E-state index is 0.957. The fourth-order valence-corrected chi connectivity index (χ4v) is 2.47. The summed E-state index contributed by atoms with van der Waals surface area (Å²) in [4.78, 5) is 13.6. The quantitative estimate of drug-likeness (QED) is 0.872. The van der Waals surface area contributed by atoms with Crippen LogP contribution in [0.4, 0.5) is 11.6 Å². The molecule has 1 aliphatic heterocycles. The number of aromatic nitrogens is 2. The largest absolute Gasteiger partial charge is 0.373 e. The van der Waals surface area contributed by atoms with Crippen LogP contribution in [-0.2, 0) is 6.42 Å². The first-order valence-electron chi connectivity index (χ1n) is 6.71. The first kappa shape index (κ1) is 13.1. The van der Waals surface area contributed by atoms with Gasteiger partial charge in [-0.2, -0.15) is 0 Å². The Kier molecular flexibility index (Phi) is 4.36. The van der Waals surface area contributed by atoms with E-state index in [2.05, 4.69) is 39.1 Å². The van der Waals surface area contributed by atoms with Crippen molar-refractivity contribution >= 4 is 11.6 Å². The van der Waals surface area contributed by atoms with E-state index in [4.69, 9.17) is 0 Å². The van der Waals surface area contributed by atoms with Crippen LogP contribution in [0.5, 0.6) is 0 Å². The van der Waals surface area contributed by atoms with Crippen LogP contribution in [-0.4, -0.2) is 55.1 Å². The van der Waals surface area contributed by atoms with E-state index in [-0.39, 0.29) is 0 Å². The fraction of sp³-hybridized carbons (Fsp3) is 0.692. The maximum Gasteiger partial charge on any atom is 0.137 e. The highest BCUT2D eigenvalue weighted by atomic mass is 15.2. The summed E-state index contributed by atoms with van der Waals surface area (Å²) in [5, 5.41) is 3.16. The highest BCUT2D eigenvalue weighted by Crippen LogP contribution is 2.24. The second-order valence-electron chi connectivity index (χ2n) is 4.77. The Labute approximate surface area is 109 Å². The van der Waals surface area contributed by atoms with Gasteiger partial charge in [-0.15, -0.1) is 0 Å². The molecule has 5 heteroatoms. The lowest BCUT2D eigenvalue weighted by Crippen LogP contribution is -2.30. The van der Waals surface area contributed by atoms with Gasteiger partial charge in [0.15, 0.2) is 0 Å². The van der Waals surface area contributed by atoms with Gasteiger partial charge in [0.2, 0.25) is 0 Å². The van der Waals surface area contributed by atoms with Crippen molar-refractivity contribution in [1.82, 2.24) is 14.9 Å². The van der Waals surface area contributed by atoms with Gasteiger partial charge in [0.1, 0.15) is 18.0 Å². The second kappa shape index (κ2) is 6.00. The number of nitrogens with zero attached hydrogens (tertiary/aromatic N) is 4. The SMILES string of the molecule is CCc1c(NC)ncnc1N1CCCN(C)CC1. The third kappa shape index (κ3) is 2.72. The summed E-state index contributed by atoms with van der Waals surface area (Å²) in [6, 6.07) is 0. The zero-order valence-electron chi connectivity index (χ0n) is 11.6. The zero-order chi connectivity index (χ0) is 13.0. The molecule has 0 spiro atoms. The molecule has 18 heavy (non-hydrogen) atoms. The molecule has 0 amide bonds. The van der Waals surface area contributed by atoms with E-state index in [1.165, 1.54) is 18.5 Å². The first-order valence-corrected chi connectivity index (χ1v) is 6.71. The fourth-order valence-electron chi connectivity index (χ4n) is 2.47. The number of likely N-dealkylation sites (N-methyl/N-ethyl adjacent to an activating group) is 1. The molecular weight excluding hydrogens is 226 g/mol. The van der Waals surface area contributed by atoms with Gasteiger partial charge in [-0.3, -0.25) is 0 Å². The Balaban J connectivity index is 2.26. The minimum atomic E-state index is 0.957. The molecule has 0 aromatic carbocycles. The molecule has 1 saturated heterocycles. The molecule has 5 nitrogen and oxygen atoms in total. The summed E-state index contributed by atoms with van der Waals surface area (Å²) in [6.45, 7) is 6.55. The van der Waals surface area contributed by atoms with Crippen molar-refractivity contribution in [3.8, 4) is 0 Å². The second-order valence-corrected chi connectivity index (χ2v) is 4.77. The van der Waals surface area contributed by atoms with Crippen LogP contribution in [0.3, 0.4) is 0 Å². The predicted molar refractivity (Wildman–Crippen MR) is 75.3 cm³/mol. The molecule has 100 valence electrons. The first-order chi connectivity index (χ1) is 8.76. The Hall–Kier alpha value is -1.36. The van der Waals surface area contributed by atoms with Crippen molar-refractivity contribution in [1.29, 1.82) is 0 Å². The summed E-state index contributed by atoms with van der Waals surface area (Å²) in [5.41, 5.74) is 1.23. The molecule has 1 aliphatic rings. The normalized spacial score (nSPS) is 17.6. The third-order valence-corrected chi connectivity index (χ3v) is 3.53. The van der Waals surface area contributed by atoms with Gasteiger partial charge in [0.05, 0.1) is 0 Å². The van der Waals surface area contributed by atoms with Gasteiger partial charge >= 0.3 is 0 Å². The van der Waals surface area contributed by atoms with Crippen LogP contribution in [0.25, 0.3) is 0 Å². The van der Waals surface area contributed by atoms with Crippen molar-refractivity contribution in [3.63, 3.8) is 0 Å². The van der Waals surface area contributed by atoms with E-state index in [0.29, 0.717) is 0 Å². The van der Waals surface area contributed by atoms with E-state index in [9.17, 15) is 0 Å². The van der Waals surface area contributed by atoms with Crippen LogP contribution >= 0.6 is 0 Å². The molecular formula is C13H23N5. The smallest absolute Gasteiger partial charge is 0.137 e. The number of nitrogens with one attached hydrogen (secondary N) is 1. The monoisotopic (exact) mass is 249 g/mol. The lowest BCUT2D eigenvalue weighted by Gasteiger charge is -2.24. The van der Waals surface area contributed by atoms with E-state index >= 15 is 0 Å². The summed E-state index contributed by atoms with van der Waals surface area (Å²) >= 11 is 0. The topological polar surface area (TPSA) is 44.3 Å². The van der Waals surface area contributed by atoms with Crippen molar-refractivity contribution in [3.05, 3.63) is 11.9 Å². The minimum Gasteiger partial charge on any atom is -0.373 e. The highest BCUT2D eigenvalue weighted by molar-refractivity contribution is 5.58. The molecule has 0 unspecified atom stereocenters. The van der Waals surface area contributed by atoms with Crippen LogP contribution in [0, 0.1) is 0 Å². The molecule has 1 N–H and O–H groups in total. The summed E-state index contributed by atoms with van der Waals surface area (Å²) in [7, 11) is 4.10. The Morgan fingerprint density at radius 2 is 2.06 bits per heavy atom. The molecule has 0 bridgehead atoms. The standard InChI is InChI=1S/C13H23N5/c1-4-11-12(14-2)15-10-16-13(11)18-7-5-6-17(3)8-9-18/h10H,4-9H2,1-3H3,(H,14,15,16). The average molecular weight is 249 g/mol. The maximum atomic E-state index is 4.50. The molecule has 1 aromatic rings. The van der Waals surface area contributed by atoms with Gasteiger partial charge in [-0.1, -0.05) is 6.92 Å². The summed E-state index contributed by atoms with van der Waals surface area (Å²) in [5.74, 6) is 2.06. The zero-order valence-corrected chi connectivity index (χ0v) is 11.6. The summed E-state index contributed by atoms with van der Waals surface area (Å²) < 4.78 is 0. The molecule has 0 radical (unpaired) electrons. The molecule has 0 saturated carbocycles. The predicted octanol–water partition coefficient (Wildman–Crippen LogP) is 1.22. The number of rotatable bonds is 3. The van der Waals surface area contributed by atoms with Gasteiger partial charge in [0.25, 0.3) is 0 Å². The van der Waals surface area contributed by atoms with Crippen LogP contribution in [0.1, 0.15) is 18.9 Å². The van der Waals surface area contributed by atoms with E-state index in [1.54, 1.807) is 6.33 Å². The van der Waals surface area contributed by atoms with E-state index in [0.717, 1.165) is 37.7 Å². The molecule has 2 rings (SSSR count). The third-order valence-electron chi connectivity index (χ3n) is 3.53. The van der Waals surface area contributed by atoms with Gasteiger partial charge in [-0.05, 0) is 26.4 Å².